The van der Waals surface area contributed by atoms with E-state index in [4.69, 9.17) is 9.47 Å². The molecule has 0 aliphatic carbocycles. The fourth-order valence-corrected chi connectivity index (χ4v) is 2.08. The molecule has 128 valence electrons. The first-order valence-electron chi connectivity index (χ1n) is 7.91. The number of phenolic OH excluding ortho intramolecular Hbond substituents is 1. The van der Waals surface area contributed by atoms with Gasteiger partial charge in [0.25, 0.3) is 5.91 Å². The number of carbonyl (C=O) groups is 1. The third-order valence-electron chi connectivity index (χ3n) is 3.50. The standard InChI is InChI=1S/C19H23NO4/c1-13(2)10-11-24-17-9-4-14(12-18(17)23-3)19(22)20-15-5-7-16(21)8-6-15/h4-9,12-13,21H,10-11H2,1-3H3,(H,20,22). The summed E-state index contributed by atoms with van der Waals surface area (Å²) in [6.07, 6.45) is 0.951. The molecule has 0 aliphatic heterocycles. The molecule has 0 unspecified atom stereocenters. The van der Waals surface area contributed by atoms with Gasteiger partial charge in [0, 0.05) is 11.3 Å². The van der Waals surface area contributed by atoms with E-state index in [1.807, 2.05) is 0 Å². The maximum absolute atomic E-state index is 12.3. The Balaban J connectivity index is 2.07. The van der Waals surface area contributed by atoms with Crippen LogP contribution in [0.3, 0.4) is 0 Å². The largest absolute Gasteiger partial charge is 0.508 e. The molecule has 0 fully saturated rings. The number of nitrogens with one attached hydrogen (secondary N) is 1. The normalized spacial score (nSPS) is 10.5. The highest BCUT2D eigenvalue weighted by atomic mass is 16.5. The fraction of sp³-hybridized carbons (Fsp3) is 0.316. The van der Waals surface area contributed by atoms with Crippen LogP contribution in [0.4, 0.5) is 5.69 Å². The molecule has 2 rings (SSSR count). The molecular formula is C19H23NO4. The topological polar surface area (TPSA) is 67.8 Å². The third kappa shape index (κ3) is 4.91. The summed E-state index contributed by atoms with van der Waals surface area (Å²) in [7, 11) is 1.55. The number of ether oxygens (including phenoxy) is 2. The van der Waals surface area contributed by atoms with E-state index in [1.165, 1.54) is 12.1 Å². The van der Waals surface area contributed by atoms with Gasteiger partial charge in [-0.2, -0.15) is 0 Å². The Morgan fingerprint density at radius 2 is 1.83 bits per heavy atom. The van der Waals surface area contributed by atoms with E-state index in [0.29, 0.717) is 35.3 Å². The lowest BCUT2D eigenvalue weighted by Gasteiger charge is -2.13. The highest BCUT2D eigenvalue weighted by molar-refractivity contribution is 6.04. The van der Waals surface area contributed by atoms with E-state index >= 15 is 0 Å². The fourth-order valence-electron chi connectivity index (χ4n) is 2.08. The third-order valence-corrected chi connectivity index (χ3v) is 3.50. The summed E-state index contributed by atoms with van der Waals surface area (Å²) in [6.45, 7) is 4.88. The molecule has 0 atom stereocenters. The maximum atomic E-state index is 12.3. The van der Waals surface area contributed by atoms with Crippen LogP contribution >= 0.6 is 0 Å². The van der Waals surface area contributed by atoms with Crippen molar-refractivity contribution in [3.8, 4) is 17.2 Å². The first kappa shape index (κ1) is 17.7. The Morgan fingerprint density at radius 1 is 1.12 bits per heavy atom. The summed E-state index contributed by atoms with van der Waals surface area (Å²) in [6, 6.07) is 11.4. The van der Waals surface area contributed by atoms with Gasteiger partial charge in [-0.25, -0.2) is 0 Å². The molecule has 5 heteroatoms. The number of carbonyl (C=O) groups excluding carboxylic acids is 1. The van der Waals surface area contributed by atoms with Gasteiger partial charge in [-0.3, -0.25) is 4.79 Å². The zero-order valence-corrected chi connectivity index (χ0v) is 14.2. The number of amides is 1. The number of aromatic hydroxyl groups is 1. The van der Waals surface area contributed by atoms with E-state index in [9.17, 15) is 9.90 Å². The second-order valence-corrected chi connectivity index (χ2v) is 5.90. The summed E-state index contributed by atoms with van der Waals surface area (Å²) in [5, 5.41) is 12.0. The Hall–Kier alpha value is -2.69. The van der Waals surface area contributed by atoms with E-state index < -0.39 is 0 Å². The number of anilines is 1. The first-order valence-corrected chi connectivity index (χ1v) is 7.91. The Morgan fingerprint density at radius 3 is 2.46 bits per heavy atom. The van der Waals surface area contributed by atoms with Crippen molar-refractivity contribution in [2.24, 2.45) is 5.92 Å². The SMILES string of the molecule is COc1cc(C(=O)Nc2ccc(O)cc2)ccc1OCCC(C)C. The van der Waals surface area contributed by atoms with Gasteiger partial charge in [-0.05, 0) is 54.8 Å². The zero-order valence-electron chi connectivity index (χ0n) is 14.2. The van der Waals surface area contributed by atoms with Crippen molar-refractivity contribution >= 4 is 11.6 Å². The van der Waals surface area contributed by atoms with Gasteiger partial charge < -0.3 is 19.9 Å². The molecule has 0 heterocycles. The number of rotatable bonds is 7. The van der Waals surface area contributed by atoms with Crippen LogP contribution in [0.25, 0.3) is 0 Å². The number of benzene rings is 2. The van der Waals surface area contributed by atoms with Crippen molar-refractivity contribution < 1.29 is 19.4 Å². The lowest BCUT2D eigenvalue weighted by Crippen LogP contribution is -2.12. The molecule has 0 saturated carbocycles. The van der Waals surface area contributed by atoms with E-state index in [2.05, 4.69) is 19.2 Å². The number of methoxy groups -OCH3 is 1. The molecular weight excluding hydrogens is 306 g/mol. The molecule has 1 amide bonds. The molecule has 2 aromatic rings. The maximum Gasteiger partial charge on any atom is 0.255 e. The average Bonchev–Trinajstić information content (AvgIpc) is 2.56. The molecule has 0 bridgehead atoms. The number of phenols is 1. The van der Waals surface area contributed by atoms with Crippen molar-refractivity contribution in [3.63, 3.8) is 0 Å². The van der Waals surface area contributed by atoms with Crippen LogP contribution in [0.2, 0.25) is 0 Å². The van der Waals surface area contributed by atoms with Gasteiger partial charge in [0.15, 0.2) is 11.5 Å². The molecule has 2 aromatic carbocycles. The Bertz CT molecular complexity index is 680. The van der Waals surface area contributed by atoms with Crippen LogP contribution < -0.4 is 14.8 Å². The predicted octanol–water partition coefficient (Wildman–Crippen LogP) is 4.08. The van der Waals surface area contributed by atoms with Crippen molar-refractivity contribution in [1.82, 2.24) is 0 Å². The van der Waals surface area contributed by atoms with Gasteiger partial charge in [0.05, 0.1) is 13.7 Å². The zero-order chi connectivity index (χ0) is 17.5. The summed E-state index contributed by atoms with van der Waals surface area (Å²) in [4.78, 5) is 12.3. The van der Waals surface area contributed by atoms with Crippen molar-refractivity contribution in [3.05, 3.63) is 48.0 Å². The van der Waals surface area contributed by atoms with E-state index in [1.54, 1.807) is 37.4 Å². The first-order chi connectivity index (χ1) is 11.5. The van der Waals surface area contributed by atoms with Crippen LogP contribution in [0.1, 0.15) is 30.6 Å². The van der Waals surface area contributed by atoms with Crippen molar-refractivity contribution in [2.75, 3.05) is 19.0 Å². The molecule has 0 radical (unpaired) electrons. The highest BCUT2D eigenvalue weighted by Gasteiger charge is 2.12. The van der Waals surface area contributed by atoms with Crippen LogP contribution in [0, 0.1) is 5.92 Å². The molecule has 2 N–H and O–H groups in total. The second-order valence-electron chi connectivity index (χ2n) is 5.90. The van der Waals surface area contributed by atoms with Gasteiger partial charge in [-0.15, -0.1) is 0 Å². The summed E-state index contributed by atoms with van der Waals surface area (Å²) in [5.41, 5.74) is 1.07. The lowest BCUT2D eigenvalue weighted by molar-refractivity contribution is 0.102. The van der Waals surface area contributed by atoms with E-state index in [-0.39, 0.29) is 11.7 Å². The second kappa shape index (κ2) is 8.24. The number of hydrogen-bond donors (Lipinski definition) is 2. The smallest absolute Gasteiger partial charge is 0.255 e. The summed E-state index contributed by atoms with van der Waals surface area (Å²) in [5.74, 6) is 1.60. The molecule has 0 aromatic heterocycles. The quantitative estimate of drug-likeness (QED) is 0.751. The van der Waals surface area contributed by atoms with Crippen molar-refractivity contribution in [1.29, 1.82) is 0 Å². The molecule has 0 saturated heterocycles. The monoisotopic (exact) mass is 329 g/mol. The minimum atomic E-state index is -0.257. The Labute approximate surface area is 142 Å². The minimum Gasteiger partial charge on any atom is -0.508 e. The van der Waals surface area contributed by atoms with Crippen molar-refractivity contribution in [2.45, 2.75) is 20.3 Å². The Kier molecular flexibility index (Phi) is 6.07. The van der Waals surface area contributed by atoms with Crippen LogP contribution in [-0.4, -0.2) is 24.7 Å². The highest BCUT2D eigenvalue weighted by Crippen LogP contribution is 2.29. The molecule has 5 nitrogen and oxygen atoms in total. The summed E-state index contributed by atoms with van der Waals surface area (Å²) >= 11 is 0. The van der Waals surface area contributed by atoms with Gasteiger partial charge in [0.1, 0.15) is 5.75 Å². The molecule has 0 aliphatic rings. The van der Waals surface area contributed by atoms with Crippen LogP contribution in [-0.2, 0) is 0 Å². The minimum absolute atomic E-state index is 0.151. The van der Waals surface area contributed by atoms with Gasteiger partial charge in [-0.1, -0.05) is 13.8 Å². The average molecular weight is 329 g/mol. The molecule has 0 spiro atoms. The lowest BCUT2D eigenvalue weighted by atomic mass is 10.1. The molecule has 24 heavy (non-hydrogen) atoms. The number of hydrogen-bond acceptors (Lipinski definition) is 4. The predicted molar refractivity (Wildman–Crippen MR) is 94.0 cm³/mol. The van der Waals surface area contributed by atoms with Crippen LogP contribution in [0.5, 0.6) is 17.2 Å². The van der Waals surface area contributed by atoms with E-state index in [0.717, 1.165) is 6.42 Å². The van der Waals surface area contributed by atoms with Crippen LogP contribution in [0.15, 0.2) is 42.5 Å². The van der Waals surface area contributed by atoms with Gasteiger partial charge in [0.2, 0.25) is 0 Å². The van der Waals surface area contributed by atoms with Gasteiger partial charge >= 0.3 is 0 Å². The summed E-state index contributed by atoms with van der Waals surface area (Å²) < 4.78 is 11.0.